The lowest BCUT2D eigenvalue weighted by Gasteiger charge is -2.07. The third kappa shape index (κ3) is 3.25. The van der Waals surface area contributed by atoms with Crippen molar-refractivity contribution in [1.29, 1.82) is 0 Å². The van der Waals surface area contributed by atoms with Gasteiger partial charge in [-0.2, -0.15) is 5.10 Å². The van der Waals surface area contributed by atoms with Crippen LogP contribution in [-0.4, -0.2) is 38.5 Å². The minimum Gasteiger partial charge on any atom is -0.382 e. The monoisotopic (exact) mass is 263 g/mol. The molecule has 8 heteroatoms. The van der Waals surface area contributed by atoms with Crippen molar-refractivity contribution >= 4 is 10.0 Å². The number of aryl methyl sites for hydroxylation is 2. The Bertz CT molecular complexity index is 481. The van der Waals surface area contributed by atoms with Crippen LogP contribution in [0.3, 0.4) is 0 Å². The van der Waals surface area contributed by atoms with Crippen molar-refractivity contribution in [3.8, 4) is 0 Å². The predicted octanol–water partition coefficient (Wildman–Crippen LogP) is -0.107. The van der Waals surface area contributed by atoms with E-state index in [1.165, 1.54) is 11.8 Å². The molecule has 17 heavy (non-hydrogen) atoms. The number of aromatic nitrogens is 2. The molecule has 1 aromatic rings. The summed E-state index contributed by atoms with van der Waals surface area (Å²) >= 11 is 0. The summed E-state index contributed by atoms with van der Waals surface area (Å²) in [6.07, 6.45) is 0. The van der Waals surface area contributed by atoms with Crippen LogP contribution in [0.15, 0.2) is 4.90 Å². The first-order chi connectivity index (χ1) is 7.90. The van der Waals surface area contributed by atoms with Crippen molar-refractivity contribution in [2.75, 3.05) is 20.3 Å². The molecule has 1 N–H and O–H groups in total. The molecule has 0 aliphatic heterocycles. The molecule has 0 aromatic carbocycles. The van der Waals surface area contributed by atoms with Gasteiger partial charge in [0.05, 0.1) is 24.6 Å². The molecule has 0 aliphatic rings. The Hall–Kier alpha value is -0.960. The quantitative estimate of drug-likeness (QED) is 0.572. The first kappa shape index (κ1) is 14.1. The molecule has 0 fully saturated rings. The van der Waals surface area contributed by atoms with Gasteiger partial charge in [0, 0.05) is 14.2 Å². The van der Waals surface area contributed by atoms with Gasteiger partial charge in [-0.05, 0) is 13.8 Å². The molecule has 0 saturated carbocycles. The van der Waals surface area contributed by atoms with Gasteiger partial charge < -0.3 is 4.74 Å². The van der Waals surface area contributed by atoms with E-state index in [0.717, 1.165) is 0 Å². The topological polar surface area (TPSA) is 82.4 Å². The molecule has 0 radical (unpaired) electrons. The summed E-state index contributed by atoms with van der Waals surface area (Å²) in [5, 5.41) is 4.04. The van der Waals surface area contributed by atoms with E-state index in [9.17, 15) is 8.42 Å². The summed E-state index contributed by atoms with van der Waals surface area (Å²) < 4.78 is 30.1. The van der Waals surface area contributed by atoms with Gasteiger partial charge in [0.15, 0.2) is 0 Å². The van der Waals surface area contributed by atoms with Gasteiger partial charge in [-0.25, -0.2) is 8.42 Å². The van der Waals surface area contributed by atoms with Crippen molar-refractivity contribution in [2.45, 2.75) is 18.7 Å². The van der Waals surface area contributed by atoms with Crippen molar-refractivity contribution in [3.05, 3.63) is 11.4 Å². The summed E-state index contributed by atoms with van der Waals surface area (Å²) in [5.74, 6) is 0. The predicted molar refractivity (Wildman–Crippen MR) is 60.8 cm³/mol. The summed E-state index contributed by atoms with van der Waals surface area (Å²) in [6.45, 7) is 3.78. The first-order valence-corrected chi connectivity index (χ1v) is 6.51. The lowest BCUT2D eigenvalue weighted by molar-refractivity contribution is 0.0438. The zero-order chi connectivity index (χ0) is 13.1. The molecule has 0 amide bonds. The third-order valence-corrected chi connectivity index (χ3v) is 3.74. The van der Waals surface area contributed by atoms with Crippen LogP contribution >= 0.6 is 0 Å². The van der Waals surface area contributed by atoms with Gasteiger partial charge in [0.1, 0.15) is 4.90 Å². The molecule has 0 bridgehead atoms. The van der Waals surface area contributed by atoms with E-state index in [2.05, 4.69) is 5.10 Å². The van der Waals surface area contributed by atoms with Crippen LogP contribution in [0.25, 0.3) is 0 Å². The first-order valence-electron chi connectivity index (χ1n) is 5.03. The van der Waals surface area contributed by atoms with E-state index in [0.29, 0.717) is 18.0 Å². The summed E-state index contributed by atoms with van der Waals surface area (Å²) in [5.41, 5.74) is 0.998. The summed E-state index contributed by atoms with van der Waals surface area (Å²) in [6, 6.07) is 0. The highest BCUT2D eigenvalue weighted by molar-refractivity contribution is 7.89. The van der Waals surface area contributed by atoms with Crippen LogP contribution in [0.5, 0.6) is 0 Å². The molecule has 0 spiro atoms. The fraction of sp³-hybridized carbons (Fsp3) is 0.667. The van der Waals surface area contributed by atoms with Crippen molar-refractivity contribution < 1.29 is 18.0 Å². The van der Waals surface area contributed by atoms with Gasteiger partial charge in [0.2, 0.25) is 0 Å². The number of nitrogens with one attached hydrogen (secondary N) is 1. The second kappa shape index (κ2) is 5.58. The molecule has 0 saturated heterocycles. The van der Waals surface area contributed by atoms with Gasteiger partial charge in [0.25, 0.3) is 10.0 Å². The van der Waals surface area contributed by atoms with Crippen molar-refractivity contribution in [1.82, 2.24) is 14.7 Å². The number of hydrogen-bond acceptors (Lipinski definition) is 5. The van der Waals surface area contributed by atoms with Crippen molar-refractivity contribution in [2.24, 2.45) is 7.05 Å². The fourth-order valence-electron chi connectivity index (χ4n) is 1.43. The number of rotatable bonds is 6. The van der Waals surface area contributed by atoms with E-state index >= 15 is 0 Å². The zero-order valence-corrected chi connectivity index (χ0v) is 11.2. The minimum absolute atomic E-state index is 0.147. The molecule has 1 heterocycles. The fourth-order valence-corrected chi connectivity index (χ4v) is 2.70. The van der Waals surface area contributed by atoms with Gasteiger partial charge in [-0.15, -0.1) is 0 Å². The highest BCUT2D eigenvalue weighted by Gasteiger charge is 2.23. The highest BCUT2D eigenvalue weighted by Crippen LogP contribution is 2.17. The van der Waals surface area contributed by atoms with Crippen LogP contribution in [0, 0.1) is 13.8 Å². The maximum atomic E-state index is 11.9. The second-order valence-electron chi connectivity index (χ2n) is 3.55. The summed E-state index contributed by atoms with van der Waals surface area (Å²) in [7, 11) is -0.498. The summed E-state index contributed by atoms with van der Waals surface area (Å²) in [4.78, 5) is 7.01. The Morgan fingerprint density at radius 2 is 2.00 bits per heavy atom. The average Bonchev–Trinajstić information content (AvgIpc) is 2.48. The van der Waals surface area contributed by atoms with Crippen LogP contribution in [0.1, 0.15) is 11.4 Å². The molecule has 1 aromatic heterocycles. The van der Waals surface area contributed by atoms with Crippen LogP contribution < -0.4 is 4.89 Å². The van der Waals surface area contributed by atoms with Crippen LogP contribution in [0.2, 0.25) is 0 Å². The number of sulfonamides is 1. The van der Waals surface area contributed by atoms with Gasteiger partial charge in [-0.3, -0.25) is 9.52 Å². The SMILES string of the molecule is COCCONS(=O)(=O)c1c(C)nn(C)c1C. The normalized spacial score (nSPS) is 12.0. The molecule has 1 rings (SSSR count). The van der Waals surface area contributed by atoms with E-state index in [1.54, 1.807) is 20.9 Å². The standard InChI is InChI=1S/C9H17N3O4S/c1-7-9(8(2)12(3)10-7)17(13,14)11-16-6-5-15-4/h11H,5-6H2,1-4H3. The van der Waals surface area contributed by atoms with Crippen LogP contribution in [0.4, 0.5) is 0 Å². The van der Waals surface area contributed by atoms with Gasteiger partial charge >= 0.3 is 0 Å². The van der Waals surface area contributed by atoms with E-state index in [4.69, 9.17) is 9.57 Å². The lowest BCUT2D eigenvalue weighted by atomic mass is 10.4. The Labute approximate surface area is 101 Å². The minimum atomic E-state index is -3.69. The van der Waals surface area contributed by atoms with Crippen LogP contribution in [-0.2, 0) is 26.6 Å². The molecule has 0 unspecified atom stereocenters. The number of hydrogen-bond donors (Lipinski definition) is 1. The Kier molecular flexibility index (Phi) is 4.63. The smallest absolute Gasteiger partial charge is 0.266 e. The maximum absolute atomic E-state index is 11.9. The molecule has 98 valence electrons. The second-order valence-corrected chi connectivity index (χ2v) is 5.13. The van der Waals surface area contributed by atoms with E-state index < -0.39 is 10.0 Å². The lowest BCUT2D eigenvalue weighted by Crippen LogP contribution is -2.26. The largest absolute Gasteiger partial charge is 0.382 e. The maximum Gasteiger partial charge on any atom is 0.266 e. The number of methoxy groups -OCH3 is 1. The van der Waals surface area contributed by atoms with E-state index in [-0.39, 0.29) is 11.5 Å². The molecular formula is C9H17N3O4S. The zero-order valence-electron chi connectivity index (χ0n) is 10.3. The molecule has 7 nitrogen and oxygen atoms in total. The number of nitrogens with zero attached hydrogens (tertiary/aromatic N) is 2. The molecule has 0 atom stereocenters. The van der Waals surface area contributed by atoms with Gasteiger partial charge in [-0.1, -0.05) is 4.89 Å². The van der Waals surface area contributed by atoms with Crippen molar-refractivity contribution in [3.63, 3.8) is 0 Å². The van der Waals surface area contributed by atoms with E-state index in [1.807, 2.05) is 4.89 Å². The third-order valence-electron chi connectivity index (χ3n) is 2.27. The Balaban J connectivity index is 2.83. The Morgan fingerprint density at radius 3 is 2.47 bits per heavy atom. The average molecular weight is 263 g/mol. The Morgan fingerprint density at radius 1 is 1.35 bits per heavy atom. The highest BCUT2D eigenvalue weighted by atomic mass is 32.2. The molecule has 0 aliphatic carbocycles. The number of ether oxygens (including phenoxy) is 1. The molecular weight excluding hydrogens is 246 g/mol.